The standard InChI is InChI=1S/C31H37.C10H15.2C7H5Cl.2ClH.Zr/c1-28(2,3)26-16-30(7,8)24-12-18-11-19-13-25-23(15-21(19)20(18)14-22(24)26)27(29(4,5)6)17-31(25,9)10;1-8-5-6-9(7-8)10(2,3)4;2*1-6-2-4-7(8)5-3-6;;;/h12-16H,11H2,1-10H3;6-8H,1-4H3;2*1-5H;2*1H;/q2*-1;;;;;. The summed E-state index contributed by atoms with van der Waals surface area (Å²) in [5, 5.41) is 1.57. The number of allylic oxidation sites excluding steroid dienone is 8. The van der Waals surface area contributed by atoms with E-state index in [-0.39, 0.29) is 46.5 Å². The van der Waals surface area contributed by atoms with Crippen molar-refractivity contribution >= 4 is 66.6 Å². The summed E-state index contributed by atoms with van der Waals surface area (Å²) < 4.78 is 4.66. The molecule has 0 radical (unpaired) electrons. The van der Waals surface area contributed by atoms with Gasteiger partial charge in [-0.1, -0.05) is 132 Å². The van der Waals surface area contributed by atoms with Gasteiger partial charge in [0, 0.05) is 5.41 Å². The van der Waals surface area contributed by atoms with Crippen molar-refractivity contribution in [2.75, 3.05) is 0 Å². The van der Waals surface area contributed by atoms with Crippen LogP contribution in [0.25, 0.3) is 22.3 Å². The molecule has 0 amide bonds. The zero-order chi connectivity index (χ0) is 42.6. The van der Waals surface area contributed by atoms with Crippen LogP contribution in [0.3, 0.4) is 0 Å². The van der Waals surface area contributed by atoms with E-state index in [0.717, 1.165) is 16.5 Å². The number of hydrogen-bond donors (Lipinski definition) is 0. The summed E-state index contributed by atoms with van der Waals surface area (Å²) >= 11 is 11.0. The van der Waals surface area contributed by atoms with Crippen LogP contribution in [0, 0.1) is 34.3 Å². The van der Waals surface area contributed by atoms with Crippen molar-refractivity contribution in [3.63, 3.8) is 0 Å². The van der Waals surface area contributed by atoms with Crippen molar-refractivity contribution in [1.29, 1.82) is 0 Å². The summed E-state index contributed by atoms with van der Waals surface area (Å²) in [6.07, 6.45) is 15.1. The Kier molecular flexibility index (Phi) is 15.7. The van der Waals surface area contributed by atoms with E-state index in [1.807, 2.05) is 24.3 Å². The average Bonchev–Trinajstić information content (AvgIpc) is 3.86. The first-order valence-electron chi connectivity index (χ1n) is 20.8. The summed E-state index contributed by atoms with van der Waals surface area (Å²) in [4.78, 5) is 0. The number of rotatable bonds is 2. The fourth-order valence-electron chi connectivity index (χ4n) is 8.35. The Morgan fingerprint density at radius 2 is 1.12 bits per heavy atom. The fraction of sp³-hybridized carbons (Fsp3) is 0.382. The zero-order valence-corrected chi connectivity index (χ0v) is 43.8. The quantitative estimate of drug-likeness (QED) is 0.155. The van der Waals surface area contributed by atoms with Crippen LogP contribution in [0.5, 0.6) is 0 Å². The Hall–Kier alpha value is -2.38. The minimum atomic E-state index is -0.623. The summed E-state index contributed by atoms with van der Waals surface area (Å²) in [5.74, 6) is 0.522. The Morgan fingerprint density at radius 1 is 0.633 bits per heavy atom. The number of halogens is 4. The fourth-order valence-corrected chi connectivity index (χ4v) is 10.7. The van der Waals surface area contributed by atoms with E-state index in [1.165, 1.54) is 72.4 Å². The van der Waals surface area contributed by atoms with Crippen molar-refractivity contribution in [2.45, 2.75) is 114 Å². The number of hydrogen-bond acceptors (Lipinski definition) is 0. The molecule has 0 nitrogen and oxygen atoms in total. The van der Waals surface area contributed by atoms with Crippen molar-refractivity contribution in [1.82, 2.24) is 0 Å². The van der Waals surface area contributed by atoms with Gasteiger partial charge in [0.05, 0.1) is 0 Å². The van der Waals surface area contributed by atoms with E-state index in [2.05, 4.69) is 183 Å². The van der Waals surface area contributed by atoms with Crippen LogP contribution in [0.2, 0.25) is 10.0 Å². The first kappa shape index (κ1) is 50.3. The Labute approximate surface area is 396 Å². The van der Waals surface area contributed by atoms with E-state index >= 15 is 0 Å². The van der Waals surface area contributed by atoms with Gasteiger partial charge in [-0.15, -0.1) is 36.4 Å². The van der Waals surface area contributed by atoms with Crippen LogP contribution in [0.15, 0.2) is 96.6 Å². The Morgan fingerprint density at radius 3 is 1.53 bits per heavy atom. The van der Waals surface area contributed by atoms with Gasteiger partial charge in [0.15, 0.2) is 0 Å². The number of fused-ring (bicyclic) bond motifs is 5. The van der Waals surface area contributed by atoms with Gasteiger partial charge < -0.3 is 0 Å². The van der Waals surface area contributed by atoms with Crippen molar-refractivity contribution in [2.24, 2.45) is 22.2 Å². The summed E-state index contributed by atoms with van der Waals surface area (Å²) in [6, 6.07) is 25.9. The van der Waals surface area contributed by atoms with E-state index < -0.39 is 22.3 Å². The van der Waals surface area contributed by atoms with E-state index in [4.69, 9.17) is 23.2 Å². The Bertz CT molecular complexity index is 2260. The summed E-state index contributed by atoms with van der Waals surface area (Å²) in [7, 11) is 0. The molecule has 0 aromatic heterocycles. The molecule has 8 rings (SSSR count). The van der Waals surface area contributed by atoms with Gasteiger partial charge in [-0.05, 0) is 62.3 Å². The van der Waals surface area contributed by atoms with Gasteiger partial charge in [0.1, 0.15) is 0 Å². The molecule has 4 aliphatic rings. The van der Waals surface area contributed by atoms with E-state index in [1.54, 1.807) is 0 Å². The topological polar surface area (TPSA) is 0 Å². The molecule has 4 aromatic carbocycles. The van der Waals surface area contributed by atoms with Crippen LogP contribution in [-0.4, -0.2) is 7.42 Å². The molecule has 0 saturated carbocycles. The first-order valence-corrected chi connectivity index (χ1v) is 24.4. The predicted molar refractivity (Wildman–Crippen MR) is 267 cm³/mol. The summed E-state index contributed by atoms with van der Waals surface area (Å²) in [5.41, 5.74) is 19.1. The molecule has 318 valence electrons. The molecule has 1 atom stereocenters. The summed E-state index contributed by atoms with van der Waals surface area (Å²) in [6.45, 7) is 32.2. The van der Waals surface area contributed by atoms with Crippen LogP contribution in [-0.2, 0) is 39.5 Å². The van der Waals surface area contributed by atoms with Crippen LogP contribution < -0.4 is 0 Å². The van der Waals surface area contributed by atoms with E-state index in [9.17, 15) is 0 Å². The molecule has 0 bridgehead atoms. The average molecular weight is 958 g/mol. The molecule has 60 heavy (non-hydrogen) atoms. The van der Waals surface area contributed by atoms with Gasteiger partial charge in [-0.2, -0.15) is 17.2 Å². The van der Waals surface area contributed by atoms with Gasteiger partial charge in [0.25, 0.3) is 0 Å². The second kappa shape index (κ2) is 18.8. The Balaban J connectivity index is 0.000000230. The van der Waals surface area contributed by atoms with Gasteiger partial charge in [-0.3, -0.25) is 12.2 Å². The third-order valence-corrected chi connectivity index (χ3v) is 14.6. The van der Waals surface area contributed by atoms with Crippen LogP contribution >= 0.6 is 48.0 Å². The molecule has 0 heterocycles. The molecule has 1 unspecified atom stereocenters. The second-order valence-electron chi connectivity index (χ2n) is 20.7. The normalized spacial score (nSPS) is 17.3. The maximum absolute atomic E-state index is 5.84. The van der Waals surface area contributed by atoms with Gasteiger partial charge >= 0.3 is 123 Å². The molecular weight excluding hydrogens is 894 g/mol. The molecule has 5 heteroatoms. The monoisotopic (exact) mass is 954 g/mol. The van der Waals surface area contributed by atoms with Gasteiger partial charge in [-0.25, -0.2) is 11.6 Å². The molecular formula is C55H64Cl4Zr-2. The third kappa shape index (κ3) is 11.4. The molecule has 0 aliphatic heterocycles. The molecule has 4 aliphatic carbocycles. The van der Waals surface area contributed by atoms with Gasteiger partial charge in [0.2, 0.25) is 0 Å². The third-order valence-electron chi connectivity index (χ3n) is 11.6. The minimum absolute atomic E-state index is 0. The molecule has 0 fully saturated rings. The van der Waals surface area contributed by atoms with Crippen LogP contribution in [0.4, 0.5) is 0 Å². The second-order valence-corrected chi connectivity index (χ2v) is 23.8. The molecule has 4 aromatic rings. The van der Waals surface area contributed by atoms with Crippen molar-refractivity contribution in [3.8, 4) is 11.1 Å². The van der Waals surface area contributed by atoms with E-state index in [0.29, 0.717) is 11.3 Å². The number of benzene rings is 4. The van der Waals surface area contributed by atoms with Crippen molar-refractivity contribution in [3.05, 3.63) is 163 Å². The molecule has 0 N–H and O–H groups in total. The predicted octanol–water partition coefficient (Wildman–Crippen LogP) is 16.4. The molecule has 0 saturated heterocycles. The first-order chi connectivity index (χ1) is 26.8. The SMILES string of the molecule is CC(C)(C)C1=[C-]C(C)(C)c2cc3c(cc21)-c1cc2c(cc1C3)C(C)(C)C=C2C(C)(C)C.CC1[C-]=CC(C(C)(C)C)=C1.Cl.Cl.Clc1ccc([CH]=[Zr]=[CH]c2ccc(Cl)cc2)cc1. The maximum atomic E-state index is 5.84. The zero-order valence-electron chi connectivity index (χ0n) is 38.2. The van der Waals surface area contributed by atoms with Crippen molar-refractivity contribution < 1.29 is 22.3 Å². The molecule has 0 spiro atoms. The van der Waals surface area contributed by atoms with Crippen LogP contribution in [0.1, 0.15) is 141 Å².